The smallest absolute Gasteiger partial charge is 0.329 e. The van der Waals surface area contributed by atoms with E-state index in [1.165, 1.54) is 20.4 Å². The molecule has 8 nitrogen and oxygen atoms in total. The number of ether oxygens (including phenoxy) is 3. The highest BCUT2D eigenvalue weighted by Gasteiger charge is 2.13. The number of methoxy groups -OCH3 is 2. The van der Waals surface area contributed by atoms with Crippen LogP contribution in [0.2, 0.25) is 0 Å². The van der Waals surface area contributed by atoms with Gasteiger partial charge < -0.3 is 19.5 Å². The molecule has 0 aliphatic heterocycles. The first kappa shape index (κ1) is 22.4. The Hall–Kier alpha value is -4.33. The molecule has 0 unspecified atom stereocenters. The van der Waals surface area contributed by atoms with Gasteiger partial charge in [0.1, 0.15) is 12.4 Å². The molecule has 0 aromatic heterocycles. The first-order valence-electron chi connectivity index (χ1n) is 9.72. The molecule has 0 fully saturated rings. The third-order valence-corrected chi connectivity index (χ3v) is 4.34. The van der Waals surface area contributed by atoms with Gasteiger partial charge in [0.2, 0.25) is 0 Å². The van der Waals surface area contributed by atoms with Gasteiger partial charge in [-0.2, -0.15) is 5.10 Å². The van der Waals surface area contributed by atoms with E-state index in [-0.39, 0.29) is 0 Å². The molecular formula is C24H23N3O5. The Balaban J connectivity index is 1.55. The van der Waals surface area contributed by atoms with E-state index >= 15 is 0 Å². The summed E-state index contributed by atoms with van der Waals surface area (Å²) in [5.41, 5.74) is 4.32. The zero-order valence-corrected chi connectivity index (χ0v) is 17.7. The van der Waals surface area contributed by atoms with Crippen LogP contribution in [0.4, 0.5) is 5.69 Å². The zero-order chi connectivity index (χ0) is 22.8. The number of hydrazone groups is 1. The highest BCUT2D eigenvalue weighted by Crippen LogP contribution is 2.28. The second-order valence-electron chi connectivity index (χ2n) is 6.57. The standard InChI is InChI=1S/C24H23N3O5/c1-30-20-10-6-9-19(14-20)26-23(28)24(29)27-25-15-18-11-12-21(22(13-18)31-2)32-16-17-7-4-3-5-8-17/h3-15H,16H2,1-2H3,(H,26,28)(H,27,29). The van der Waals surface area contributed by atoms with Gasteiger partial charge in [0.25, 0.3) is 0 Å². The van der Waals surface area contributed by atoms with Crippen LogP contribution in [-0.2, 0) is 16.2 Å². The molecule has 164 valence electrons. The fourth-order valence-corrected chi connectivity index (χ4v) is 2.72. The molecule has 3 aromatic rings. The summed E-state index contributed by atoms with van der Waals surface area (Å²) in [6.07, 6.45) is 1.40. The van der Waals surface area contributed by atoms with Crippen molar-refractivity contribution >= 4 is 23.7 Å². The Morgan fingerprint density at radius 1 is 0.875 bits per heavy atom. The van der Waals surface area contributed by atoms with Crippen molar-refractivity contribution in [1.29, 1.82) is 0 Å². The number of benzene rings is 3. The van der Waals surface area contributed by atoms with Gasteiger partial charge in [-0.25, -0.2) is 5.43 Å². The van der Waals surface area contributed by atoms with Crippen LogP contribution in [0, 0.1) is 0 Å². The molecule has 0 saturated carbocycles. The summed E-state index contributed by atoms with van der Waals surface area (Å²) in [6, 6.07) is 21.7. The van der Waals surface area contributed by atoms with Crippen molar-refractivity contribution in [3.8, 4) is 17.2 Å². The Morgan fingerprint density at radius 3 is 2.44 bits per heavy atom. The van der Waals surface area contributed by atoms with Crippen LogP contribution in [0.25, 0.3) is 0 Å². The summed E-state index contributed by atoms with van der Waals surface area (Å²) >= 11 is 0. The van der Waals surface area contributed by atoms with Gasteiger partial charge >= 0.3 is 11.8 Å². The van der Waals surface area contributed by atoms with E-state index in [0.717, 1.165) is 5.56 Å². The van der Waals surface area contributed by atoms with E-state index in [0.29, 0.717) is 35.1 Å². The molecule has 8 heteroatoms. The normalized spacial score (nSPS) is 10.4. The second kappa shape index (κ2) is 11.2. The number of hydrogen-bond acceptors (Lipinski definition) is 6. The molecule has 0 bridgehead atoms. The summed E-state index contributed by atoms with van der Waals surface area (Å²) < 4.78 is 16.3. The van der Waals surface area contributed by atoms with Crippen LogP contribution in [0.15, 0.2) is 77.9 Å². The Morgan fingerprint density at radius 2 is 1.69 bits per heavy atom. The number of anilines is 1. The number of amides is 2. The number of nitrogens with zero attached hydrogens (tertiary/aromatic N) is 1. The molecule has 2 N–H and O–H groups in total. The summed E-state index contributed by atoms with van der Waals surface area (Å²) in [5, 5.41) is 6.31. The average molecular weight is 433 g/mol. The fraction of sp³-hybridized carbons (Fsp3) is 0.125. The van der Waals surface area contributed by atoms with E-state index in [9.17, 15) is 9.59 Å². The van der Waals surface area contributed by atoms with Gasteiger partial charge in [0.05, 0.1) is 20.4 Å². The highest BCUT2D eigenvalue weighted by molar-refractivity contribution is 6.39. The van der Waals surface area contributed by atoms with Crippen LogP contribution in [0.3, 0.4) is 0 Å². The predicted molar refractivity (Wildman–Crippen MR) is 121 cm³/mol. The van der Waals surface area contributed by atoms with Gasteiger partial charge in [0.15, 0.2) is 11.5 Å². The van der Waals surface area contributed by atoms with Crippen LogP contribution >= 0.6 is 0 Å². The molecular weight excluding hydrogens is 410 g/mol. The molecule has 32 heavy (non-hydrogen) atoms. The highest BCUT2D eigenvalue weighted by atomic mass is 16.5. The van der Waals surface area contributed by atoms with Gasteiger partial charge in [-0.3, -0.25) is 9.59 Å². The molecule has 0 aliphatic rings. The lowest BCUT2D eigenvalue weighted by Gasteiger charge is -2.11. The molecule has 3 aromatic carbocycles. The lowest BCUT2D eigenvalue weighted by Crippen LogP contribution is -2.32. The minimum Gasteiger partial charge on any atom is -0.497 e. The fourth-order valence-electron chi connectivity index (χ4n) is 2.72. The van der Waals surface area contributed by atoms with Gasteiger partial charge in [-0.1, -0.05) is 36.4 Å². The van der Waals surface area contributed by atoms with E-state index < -0.39 is 11.8 Å². The predicted octanol–water partition coefficient (Wildman–Crippen LogP) is 3.37. The van der Waals surface area contributed by atoms with E-state index in [2.05, 4.69) is 15.8 Å². The Kier molecular flexibility index (Phi) is 7.80. The van der Waals surface area contributed by atoms with Crippen molar-refractivity contribution in [2.24, 2.45) is 5.10 Å². The zero-order valence-electron chi connectivity index (χ0n) is 17.7. The van der Waals surface area contributed by atoms with Crippen molar-refractivity contribution in [2.75, 3.05) is 19.5 Å². The second-order valence-corrected chi connectivity index (χ2v) is 6.57. The maximum Gasteiger partial charge on any atom is 0.329 e. The van der Waals surface area contributed by atoms with Gasteiger partial charge in [-0.15, -0.1) is 0 Å². The van der Waals surface area contributed by atoms with Crippen LogP contribution in [0.1, 0.15) is 11.1 Å². The third kappa shape index (κ3) is 6.33. The molecule has 0 heterocycles. The summed E-state index contributed by atoms with van der Waals surface area (Å²) in [7, 11) is 3.05. The van der Waals surface area contributed by atoms with Crippen molar-refractivity contribution in [1.82, 2.24) is 5.43 Å². The SMILES string of the molecule is COc1cccc(NC(=O)C(=O)NN=Cc2ccc(OCc3ccccc3)c(OC)c2)c1. The number of hydrogen-bond donors (Lipinski definition) is 2. The lowest BCUT2D eigenvalue weighted by molar-refractivity contribution is -0.136. The molecule has 0 radical (unpaired) electrons. The summed E-state index contributed by atoms with van der Waals surface area (Å²) in [5.74, 6) is -0.0926. The molecule has 0 spiro atoms. The van der Waals surface area contributed by atoms with Gasteiger partial charge in [0, 0.05) is 11.8 Å². The van der Waals surface area contributed by atoms with Crippen molar-refractivity contribution in [3.63, 3.8) is 0 Å². The minimum atomic E-state index is -0.904. The van der Waals surface area contributed by atoms with Crippen molar-refractivity contribution in [2.45, 2.75) is 6.61 Å². The maximum absolute atomic E-state index is 12.0. The average Bonchev–Trinajstić information content (AvgIpc) is 2.83. The number of rotatable bonds is 8. The molecule has 0 saturated heterocycles. The van der Waals surface area contributed by atoms with E-state index in [1.807, 2.05) is 30.3 Å². The largest absolute Gasteiger partial charge is 0.497 e. The summed E-state index contributed by atoms with van der Waals surface area (Å²) in [4.78, 5) is 24.0. The molecule has 0 atom stereocenters. The third-order valence-electron chi connectivity index (χ3n) is 4.34. The van der Waals surface area contributed by atoms with E-state index in [4.69, 9.17) is 14.2 Å². The molecule has 2 amide bonds. The molecule has 0 aliphatic carbocycles. The maximum atomic E-state index is 12.0. The first-order chi connectivity index (χ1) is 15.6. The Labute approximate surface area is 185 Å². The van der Waals surface area contributed by atoms with Gasteiger partial charge in [-0.05, 0) is 41.5 Å². The van der Waals surface area contributed by atoms with Crippen molar-refractivity contribution < 1.29 is 23.8 Å². The first-order valence-corrected chi connectivity index (χ1v) is 9.72. The quantitative estimate of drug-likeness (QED) is 0.322. The number of nitrogens with one attached hydrogen (secondary N) is 2. The van der Waals surface area contributed by atoms with Crippen LogP contribution in [0.5, 0.6) is 17.2 Å². The monoisotopic (exact) mass is 433 g/mol. The number of carbonyl (C=O) groups is 2. The minimum absolute atomic E-state index is 0.406. The van der Waals surface area contributed by atoms with E-state index in [1.54, 1.807) is 42.5 Å². The van der Waals surface area contributed by atoms with Crippen molar-refractivity contribution in [3.05, 3.63) is 83.9 Å². The molecule has 3 rings (SSSR count). The summed E-state index contributed by atoms with van der Waals surface area (Å²) in [6.45, 7) is 0.406. The Bertz CT molecular complexity index is 1100. The number of carbonyl (C=O) groups excluding carboxylic acids is 2. The lowest BCUT2D eigenvalue weighted by atomic mass is 10.2. The van der Waals surface area contributed by atoms with Crippen LogP contribution in [-0.4, -0.2) is 32.2 Å². The topological polar surface area (TPSA) is 98.2 Å². The van der Waals surface area contributed by atoms with Crippen LogP contribution < -0.4 is 25.0 Å².